The Labute approximate surface area is 151 Å². The molecule has 1 atom stereocenters. The van der Waals surface area contributed by atoms with E-state index >= 15 is 0 Å². The van der Waals surface area contributed by atoms with Gasteiger partial charge >= 0.3 is 0 Å². The lowest BCUT2D eigenvalue weighted by Gasteiger charge is -2.25. The van der Waals surface area contributed by atoms with Crippen LogP contribution in [0.4, 0.5) is 5.69 Å². The molecule has 1 unspecified atom stereocenters. The van der Waals surface area contributed by atoms with Crippen molar-refractivity contribution >= 4 is 45.7 Å². The summed E-state index contributed by atoms with van der Waals surface area (Å²) in [6.07, 6.45) is -1.05. The number of rotatable bonds is 2. The highest BCUT2D eigenvalue weighted by molar-refractivity contribution is 14.1. The summed E-state index contributed by atoms with van der Waals surface area (Å²) in [6.45, 7) is 0. The predicted octanol–water partition coefficient (Wildman–Crippen LogP) is 3.96. The molecule has 6 heteroatoms. The summed E-state index contributed by atoms with van der Waals surface area (Å²) in [6, 6.07) is 14.1. The topological polar surface area (TPSA) is 73.1 Å². The first-order valence-electron chi connectivity index (χ1n) is 6.71. The number of aliphatic hydroxyl groups is 1. The van der Waals surface area contributed by atoms with Crippen molar-refractivity contribution in [3.63, 3.8) is 0 Å². The highest BCUT2D eigenvalue weighted by atomic mass is 127. The number of carbonyl (C=O) groups is 1. The lowest BCUT2D eigenvalue weighted by atomic mass is 9.91. The molecule has 0 radical (unpaired) electrons. The normalized spacial score (nSPS) is 16.8. The van der Waals surface area contributed by atoms with Crippen LogP contribution < -0.4 is 5.32 Å². The summed E-state index contributed by atoms with van der Waals surface area (Å²) in [5.41, 5.74) is 1.97. The number of ketones is 1. The minimum absolute atomic E-state index is 0.0707. The van der Waals surface area contributed by atoms with E-state index in [1.807, 2.05) is 6.07 Å². The number of nitrogens with one attached hydrogen (secondary N) is 1. The van der Waals surface area contributed by atoms with Gasteiger partial charge in [-0.3, -0.25) is 4.79 Å². The Kier molecular flexibility index (Phi) is 4.39. The molecular formula is C17H10ClIN2O2. The maximum atomic E-state index is 12.4. The fourth-order valence-electron chi connectivity index (χ4n) is 2.44. The average Bonchev–Trinajstić information content (AvgIpc) is 2.57. The molecule has 0 spiro atoms. The van der Waals surface area contributed by atoms with Gasteiger partial charge in [-0.15, -0.1) is 0 Å². The molecule has 23 heavy (non-hydrogen) atoms. The number of nitrogens with zero attached hydrogens (tertiary/aromatic N) is 1. The van der Waals surface area contributed by atoms with Gasteiger partial charge in [-0.2, -0.15) is 5.26 Å². The molecule has 0 heterocycles. The molecule has 0 aliphatic heterocycles. The van der Waals surface area contributed by atoms with Crippen LogP contribution in [0.3, 0.4) is 0 Å². The highest BCUT2D eigenvalue weighted by Gasteiger charge is 2.31. The van der Waals surface area contributed by atoms with Gasteiger partial charge in [0.05, 0.1) is 16.9 Å². The van der Waals surface area contributed by atoms with Crippen molar-refractivity contribution < 1.29 is 9.90 Å². The molecule has 0 saturated heterocycles. The van der Waals surface area contributed by atoms with Gasteiger partial charge in [0.15, 0.2) is 0 Å². The van der Waals surface area contributed by atoms with E-state index in [1.165, 1.54) is 0 Å². The Balaban J connectivity index is 2.06. The van der Waals surface area contributed by atoms with Gasteiger partial charge in [0.2, 0.25) is 5.78 Å². The molecule has 114 valence electrons. The van der Waals surface area contributed by atoms with Gasteiger partial charge in [-0.1, -0.05) is 35.9 Å². The van der Waals surface area contributed by atoms with Crippen molar-refractivity contribution in [3.8, 4) is 6.07 Å². The van der Waals surface area contributed by atoms with Crippen molar-refractivity contribution in [2.45, 2.75) is 6.10 Å². The van der Waals surface area contributed by atoms with Crippen molar-refractivity contribution in [1.29, 1.82) is 5.26 Å². The van der Waals surface area contributed by atoms with Crippen molar-refractivity contribution in [1.82, 2.24) is 0 Å². The lowest BCUT2D eigenvalue weighted by molar-refractivity contribution is 0.102. The number of hydrogen-bond donors (Lipinski definition) is 2. The van der Waals surface area contributed by atoms with Crippen LogP contribution in [0.5, 0.6) is 0 Å². The Morgan fingerprint density at radius 2 is 2.00 bits per heavy atom. The van der Waals surface area contributed by atoms with Gasteiger partial charge in [0.1, 0.15) is 17.2 Å². The molecule has 2 N–H and O–H groups in total. The summed E-state index contributed by atoms with van der Waals surface area (Å²) in [7, 11) is 0. The Hall–Kier alpha value is -1.88. The number of allylic oxidation sites excluding steroid dienone is 1. The van der Waals surface area contributed by atoms with E-state index < -0.39 is 6.10 Å². The molecule has 0 bridgehead atoms. The molecule has 3 rings (SSSR count). The van der Waals surface area contributed by atoms with Crippen molar-refractivity contribution in [2.24, 2.45) is 0 Å². The molecule has 1 aliphatic rings. The smallest absolute Gasteiger partial charge is 0.206 e. The van der Waals surface area contributed by atoms with E-state index in [0.717, 1.165) is 3.57 Å². The molecule has 2 aromatic carbocycles. The van der Waals surface area contributed by atoms with Crippen LogP contribution in [-0.2, 0) is 0 Å². The van der Waals surface area contributed by atoms with Crippen LogP contribution in [0.1, 0.15) is 27.6 Å². The second-order valence-electron chi connectivity index (χ2n) is 4.97. The second kappa shape index (κ2) is 6.32. The number of nitriles is 1. The third-order valence-corrected chi connectivity index (χ3v) is 4.63. The number of benzene rings is 2. The molecular weight excluding hydrogens is 427 g/mol. The molecule has 0 fully saturated rings. The predicted molar refractivity (Wildman–Crippen MR) is 96.1 cm³/mol. The second-order valence-corrected chi connectivity index (χ2v) is 6.60. The number of carbonyl (C=O) groups excluding carboxylic acids is 1. The van der Waals surface area contributed by atoms with E-state index in [0.29, 0.717) is 22.4 Å². The first kappa shape index (κ1) is 16.0. The SMILES string of the molecule is N#Cc1cc(I)ccc1NC1=C(Cl)C(=O)c2ccccc2C1O. The van der Waals surface area contributed by atoms with Crippen LogP contribution in [0, 0.1) is 14.9 Å². The van der Waals surface area contributed by atoms with E-state index in [1.54, 1.807) is 36.4 Å². The zero-order chi connectivity index (χ0) is 16.6. The number of Topliss-reactive ketones (excluding diaryl/α,β-unsaturated/α-hetero) is 1. The van der Waals surface area contributed by atoms with Crippen LogP contribution >= 0.6 is 34.2 Å². The molecule has 0 aromatic heterocycles. The van der Waals surface area contributed by atoms with Gasteiger partial charge in [0, 0.05) is 9.13 Å². The van der Waals surface area contributed by atoms with Crippen LogP contribution in [0.2, 0.25) is 0 Å². The third-order valence-electron chi connectivity index (χ3n) is 3.58. The number of halogens is 2. The summed E-state index contributed by atoms with van der Waals surface area (Å²) in [5.74, 6) is -0.348. The van der Waals surface area contributed by atoms with Crippen molar-refractivity contribution in [3.05, 3.63) is 73.5 Å². The maximum Gasteiger partial charge on any atom is 0.206 e. The van der Waals surface area contributed by atoms with E-state index in [9.17, 15) is 15.2 Å². The maximum absolute atomic E-state index is 12.4. The first-order valence-corrected chi connectivity index (χ1v) is 8.16. The average molecular weight is 437 g/mol. The van der Waals surface area contributed by atoms with Crippen LogP contribution in [-0.4, -0.2) is 10.9 Å². The molecule has 4 nitrogen and oxygen atoms in total. The Bertz CT molecular complexity index is 886. The fraction of sp³-hybridized carbons (Fsp3) is 0.0588. The zero-order valence-electron chi connectivity index (χ0n) is 11.7. The largest absolute Gasteiger partial charge is 0.382 e. The third kappa shape index (κ3) is 2.85. The van der Waals surface area contributed by atoms with Crippen LogP contribution in [0.25, 0.3) is 0 Å². The number of anilines is 1. The van der Waals surface area contributed by atoms with Crippen molar-refractivity contribution in [2.75, 3.05) is 5.32 Å². The number of aliphatic hydroxyl groups excluding tert-OH is 1. The summed E-state index contributed by atoms with van der Waals surface area (Å²) >= 11 is 8.26. The van der Waals surface area contributed by atoms with Crippen LogP contribution in [0.15, 0.2) is 53.2 Å². The van der Waals surface area contributed by atoms with Gasteiger partial charge in [-0.25, -0.2) is 0 Å². The first-order chi connectivity index (χ1) is 11.0. The summed E-state index contributed by atoms with van der Waals surface area (Å²) in [4.78, 5) is 12.4. The summed E-state index contributed by atoms with van der Waals surface area (Å²) in [5, 5.41) is 22.7. The monoisotopic (exact) mass is 436 g/mol. The van der Waals surface area contributed by atoms with Gasteiger partial charge in [0.25, 0.3) is 0 Å². The molecule has 2 aromatic rings. The van der Waals surface area contributed by atoms with E-state index in [4.69, 9.17) is 11.6 Å². The molecule has 0 saturated carbocycles. The molecule has 0 amide bonds. The standard InChI is InChI=1S/C17H10ClIN2O2/c18-14-15(21-13-6-5-10(19)7-9(13)8-20)17(23)12-4-2-1-3-11(12)16(14)22/h1-7,17,21,23H. The summed E-state index contributed by atoms with van der Waals surface area (Å²) < 4.78 is 0.912. The quantitative estimate of drug-likeness (QED) is 0.699. The Morgan fingerprint density at radius 1 is 1.26 bits per heavy atom. The minimum atomic E-state index is -1.05. The fourth-order valence-corrected chi connectivity index (χ4v) is 3.19. The molecule has 1 aliphatic carbocycles. The minimum Gasteiger partial charge on any atom is -0.382 e. The van der Waals surface area contributed by atoms with Gasteiger partial charge < -0.3 is 10.4 Å². The van der Waals surface area contributed by atoms with Gasteiger partial charge in [-0.05, 0) is 46.4 Å². The Morgan fingerprint density at radius 3 is 2.74 bits per heavy atom. The zero-order valence-corrected chi connectivity index (χ0v) is 14.6. The van der Waals surface area contributed by atoms with E-state index in [2.05, 4.69) is 34.0 Å². The van der Waals surface area contributed by atoms with E-state index in [-0.39, 0.29) is 16.5 Å². The number of hydrogen-bond acceptors (Lipinski definition) is 4. The lowest BCUT2D eigenvalue weighted by Crippen LogP contribution is -2.22. The number of fused-ring (bicyclic) bond motifs is 1. The highest BCUT2D eigenvalue weighted by Crippen LogP contribution is 2.36.